The number of amides is 4. The largest absolute Gasteiger partial charge is 0.344 e. The molecule has 1 aliphatic heterocycles. The van der Waals surface area contributed by atoms with E-state index in [0.717, 1.165) is 25.7 Å². The van der Waals surface area contributed by atoms with Crippen LogP contribution in [-0.2, 0) is 20.8 Å². The van der Waals surface area contributed by atoms with Crippen LogP contribution in [-0.4, -0.2) is 88.0 Å². The Kier molecular flexibility index (Phi) is 11.8. The summed E-state index contributed by atoms with van der Waals surface area (Å²) in [5.74, 6) is -2.46. The molecule has 3 atom stereocenters. The molecular weight excluding hydrogens is 605 g/mol. The van der Waals surface area contributed by atoms with Crippen LogP contribution in [0.5, 0.6) is 0 Å². The second-order valence-electron chi connectivity index (χ2n) is 13.8. The minimum absolute atomic E-state index is 0.0263. The molecule has 1 aliphatic carbocycles. The first kappa shape index (κ1) is 36.0. The van der Waals surface area contributed by atoms with Gasteiger partial charge in [0.2, 0.25) is 17.7 Å². The minimum Gasteiger partial charge on any atom is -0.344 e. The quantitative estimate of drug-likeness (QED) is 0.330. The van der Waals surface area contributed by atoms with Crippen molar-refractivity contribution in [3.8, 4) is 0 Å². The van der Waals surface area contributed by atoms with E-state index >= 15 is 4.39 Å². The summed E-state index contributed by atoms with van der Waals surface area (Å²) in [6.45, 7) is 13.3. The number of hydrogen-bond donors (Lipinski definition) is 3. The van der Waals surface area contributed by atoms with Crippen molar-refractivity contribution in [1.82, 2.24) is 30.7 Å². The average Bonchev–Trinajstić information content (AvgIpc) is 3.53. The van der Waals surface area contributed by atoms with Gasteiger partial charge in [0.1, 0.15) is 23.6 Å². The van der Waals surface area contributed by atoms with Gasteiger partial charge < -0.3 is 20.9 Å². The Balaban J connectivity index is 1.53. The Morgan fingerprint density at radius 3 is 2.38 bits per heavy atom. The van der Waals surface area contributed by atoms with Gasteiger partial charge in [0.05, 0.1) is 5.69 Å². The maximum atomic E-state index is 15.7. The van der Waals surface area contributed by atoms with Crippen molar-refractivity contribution in [3.05, 3.63) is 41.0 Å². The Hall–Kier alpha value is -3.87. The number of carbonyl (C=O) groups is 4. The number of anilines is 1. The van der Waals surface area contributed by atoms with Crippen molar-refractivity contribution in [1.29, 1.82) is 0 Å². The summed E-state index contributed by atoms with van der Waals surface area (Å²) < 4.78 is 20.4. The highest BCUT2D eigenvalue weighted by Crippen LogP contribution is 2.32. The number of nitrogens with one attached hydrogen (secondary N) is 3. The van der Waals surface area contributed by atoms with Gasteiger partial charge >= 0.3 is 0 Å². The van der Waals surface area contributed by atoms with Crippen LogP contribution in [0.4, 0.5) is 10.1 Å². The van der Waals surface area contributed by atoms with Crippen LogP contribution in [0.3, 0.4) is 0 Å². The fourth-order valence-corrected chi connectivity index (χ4v) is 6.46. The van der Waals surface area contributed by atoms with Crippen molar-refractivity contribution in [2.24, 2.45) is 11.8 Å². The topological polar surface area (TPSA) is 150 Å². The number of aryl methyl sites for hydroxylation is 1. The molecule has 258 valence electrons. The summed E-state index contributed by atoms with van der Waals surface area (Å²) in [5, 5.41) is 15.9. The molecule has 12 nitrogen and oxygen atoms in total. The Bertz CT molecular complexity index is 1440. The second-order valence-corrected chi connectivity index (χ2v) is 13.8. The standard InChI is InChI=1S/C34H50FN7O5/c1-8-25-30(40-47-39-25)32(45)38-29(22-12-10-20(3)11-13-22)31(44)36-26-15-14-23(18-24(26)35)21(4)28(37-27(43)9-2)33(46)42-17-16-41(7)34(5,6)19-42/h14-15,18,20-22,28-29H,8-13,16-17,19H2,1-7H3,(H,36,44)(H,37,43)(H,38,45)/t20-,21-,22-,28+,29-/m0/s1. The minimum atomic E-state index is -0.923. The SMILES string of the molecule is CCC(=O)N[C@@H](C(=O)N1CCN(C)C(C)(C)C1)[C@@H](C)c1ccc(NC(=O)[C@@H](NC(=O)c2nonc2CC)[C@H]2CC[C@H](C)CC2)c(F)c1. The molecule has 47 heavy (non-hydrogen) atoms. The molecule has 0 bridgehead atoms. The van der Waals surface area contributed by atoms with Crippen LogP contribution >= 0.6 is 0 Å². The van der Waals surface area contributed by atoms with Gasteiger partial charge in [0.25, 0.3) is 5.91 Å². The highest BCUT2D eigenvalue weighted by Gasteiger charge is 2.39. The number of hydrogen-bond acceptors (Lipinski definition) is 8. The van der Waals surface area contributed by atoms with E-state index in [1.165, 1.54) is 12.1 Å². The first-order valence-corrected chi connectivity index (χ1v) is 16.8. The number of halogens is 1. The molecular formula is C34H50FN7O5. The third-order valence-electron chi connectivity index (χ3n) is 10.0. The van der Waals surface area contributed by atoms with Gasteiger partial charge in [0.15, 0.2) is 5.69 Å². The summed E-state index contributed by atoms with van der Waals surface area (Å²) in [5.41, 5.74) is 0.629. The summed E-state index contributed by atoms with van der Waals surface area (Å²) >= 11 is 0. The summed E-state index contributed by atoms with van der Waals surface area (Å²) in [6, 6.07) is 2.58. The van der Waals surface area contributed by atoms with E-state index in [0.29, 0.717) is 43.2 Å². The molecule has 0 spiro atoms. The van der Waals surface area contributed by atoms with Gasteiger partial charge in [0, 0.05) is 37.5 Å². The zero-order valence-corrected chi connectivity index (χ0v) is 28.7. The van der Waals surface area contributed by atoms with E-state index in [-0.39, 0.29) is 41.1 Å². The molecule has 4 amide bonds. The highest BCUT2D eigenvalue weighted by atomic mass is 19.1. The Labute approximate surface area is 276 Å². The third kappa shape index (κ3) is 8.54. The Morgan fingerprint density at radius 1 is 1.06 bits per heavy atom. The van der Waals surface area contributed by atoms with Crippen molar-refractivity contribution >= 4 is 29.3 Å². The van der Waals surface area contributed by atoms with Crippen LogP contribution in [0, 0.1) is 17.7 Å². The van der Waals surface area contributed by atoms with Crippen LogP contribution < -0.4 is 16.0 Å². The van der Waals surface area contributed by atoms with E-state index in [9.17, 15) is 19.2 Å². The van der Waals surface area contributed by atoms with Gasteiger partial charge in [-0.25, -0.2) is 9.02 Å². The number of likely N-dealkylation sites (N-methyl/N-ethyl adjacent to an activating group) is 1. The number of rotatable bonds is 11. The molecule has 2 aliphatic rings. The van der Waals surface area contributed by atoms with Crippen molar-refractivity contribution < 1.29 is 28.2 Å². The van der Waals surface area contributed by atoms with Crippen LogP contribution in [0.1, 0.15) is 101 Å². The molecule has 2 fully saturated rings. The number of carbonyl (C=O) groups excluding carboxylic acids is 4. The predicted octanol–water partition coefficient (Wildman–Crippen LogP) is 3.89. The summed E-state index contributed by atoms with van der Waals surface area (Å²) in [4.78, 5) is 57.1. The van der Waals surface area contributed by atoms with Crippen molar-refractivity contribution in [3.63, 3.8) is 0 Å². The van der Waals surface area contributed by atoms with Gasteiger partial charge in [-0.05, 0) is 74.8 Å². The van der Waals surface area contributed by atoms with Gasteiger partial charge in [-0.3, -0.25) is 24.1 Å². The number of nitrogens with zero attached hydrogens (tertiary/aromatic N) is 4. The smallest absolute Gasteiger partial charge is 0.276 e. The van der Waals surface area contributed by atoms with Gasteiger partial charge in [-0.2, -0.15) is 0 Å². The highest BCUT2D eigenvalue weighted by molar-refractivity contribution is 6.01. The summed E-state index contributed by atoms with van der Waals surface area (Å²) in [6.07, 6.45) is 3.93. The maximum absolute atomic E-state index is 15.7. The molecule has 1 aromatic carbocycles. The lowest BCUT2D eigenvalue weighted by atomic mass is 9.79. The molecule has 13 heteroatoms. The molecule has 1 aromatic heterocycles. The molecule has 4 rings (SSSR count). The molecule has 1 saturated heterocycles. The predicted molar refractivity (Wildman–Crippen MR) is 175 cm³/mol. The first-order valence-electron chi connectivity index (χ1n) is 16.8. The molecule has 1 saturated carbocycles. The second kappa shape index (κ2) is 15.4. The van der Waals surface area contributed by atoms with Crippen LogP contribution in [0.25, 0.3) is 0 Å². The van der Waals surface area contributed by atoms with Crippen molar-refractivity contribution in [2.45, 2.75) is 104 Å². The van der Waals surface area contributed by atoms with E-state index in [2.05, 4.69) is 51.9 Å². The molecule has 0 unspecified atom stereocenters. The van der Waals surface area contributed by atoms with E-state index < -0.39 is 35.6 Å². The maximum Gasteiger partial charge on any atom is 0.276 e. The van der Waals surface area contributed by atoms with Gasteiger partial charge in [-0.1, -0.05) is 51.8 Å². The van der Waals surface area contributed by atoms with E-state index in [1.54, 1.807) is 24.8 Å². The number of piperazine rings is 1. The monoisotopic (exact) mass is 655 g/mol. The molecule has 2 aromatic rings. The lowest BCUT2D eigenvalue weighted by Crippen LogP contribution is -2.62. The average molecular weight is 656 g/mol. The van der Waals surface area contributed by atoms with E-state index in [4.69, 9.17) is 4.63 Å². The third-order valence-corrected chi connectivity index (χ3v) is 10.0. The number of benzene rings is 1. The van der Waals surface area contributed by atoms with Crippen LogP contribution in [0.15, 0.2) is 22.8 Å². The fourth-order valence-electron chi connectivity index (χ4n) is 6.46. The first-order chi connectivity index (χ1) is 22.2. The Morgan fingerprint density at radius 2 is 1.77 bits per heavy atom. The number of aromatic nitrogens is 2. The van der Waals surface area contributed by atoms with Crippen molar-refractivity contribution in [2.75, 3.05) is 32.0 Å². The van der Waals surface area contributed by atoms with Gasteiger partial charge in [-0.15, -0.1) is 0 Å². The summed E-state index contributed by atoms with van der Waals surface area (Å²) in [7, 11) is 2.02. The lowest BCUT2D eigenvalue weighted by Gasteiger charge is -2.46. The van der Waals surface area contributed by atoms with E-state index in [1.807, 2.05) is 14.0 Å². The molecule has 2 heterocycles. The lowest BCUT2D eigenvalue weighted by molar-refractivity contribution is -0.140. The fraction of sp³-hybridized carbons (Fsp3) is 0.647. The van der Waals surface area contributed by atoms with Crippen LogP contribution in [0.2, 0.25) is 0 Å². The molecule has 3 N–H and O–H groups in total. The zero-order chi connectivity index (χ0) is 34.5. The normalized spacial score (nSPS) is 21.7. The zero-order valence-electron chi connectivity index (χ0n) is 28.7. The molecule has 0 radical (unpaired) electrons.